The Hall–Kier alpha value is -3.77. The summed E-state index contributed by atoms with van der Waals surface area (Å²) in [6.45, 7) is 4.14. The van der Waals surface area contributed by atoms with E-state index in [0.29, 0.717) is 56.1 Å². The van der Waals surface area contributed by atoms with Gasteiger partial charge in [0, 0.05) is 76.0 Å². The molecule has 0 radical (unpaired) electrons. The molecule has 2 amide bonds. The molecule has 0 saturated carbocycles. The van der Waals surface area contributed by atoms with E-state index in [9.17, 15) is 22.8 Å². The Balaban J connectivity index is 1.22. The lowest BCUT2D eigenvalue weighted by molar-refractivity contribution is -0.148. The number of benzene rings is 1. The summed E-state index contributed by atoms with van der Waals surface area (Å²) in [5.41, 5.74) is 4.14. The van der Waals surface area contributed by atoms with Crippen LogP contribution in [0, 0.1) is 0 Å². The molecule has 1 saturated heterocycles. The second-order valence-electron chi connectivity index (χ2n) is 10.4. The number of pyridine rings is 1. The summed E-state index contributed by atoms with van der Waals surface area (Å²) in [5, 5.41) is 13.7. The van der Waals surface area contributed by atoms with Gasteiger partial charge in [0.15, 0.2) is 11.5 Å². The first-order chi connectivity index (χ1) is 19.7. The van der Waals surface area contributed by atoms with Gasteiger partial charge in [-0.05, 0) is 41.8 Å². The smallest absolute Gasteiger partial charge is 0.389 e. The van der Waals surface area contributed by atoms with Crippen LogP contribution in [0.4, 0.5) is 13.2 Å². The standard InChI is InChI=1S/C29H33F3N6O3/c30-29(31,32)10-7-26(40)36-12-8-22(9-13-36)24-2-1-11-38-27(24)33-25(34-38)20-21-3-5-23(6-4-21)28(41)37-16-14-35(15-17-37)18-19-39/h1-6,8,11,39H,7,9-10,12-20H2. The molecule has 1 fully saturated rings. The number of β-amino-alcohol motifs (C(OH)–C–C–N with tert-alkyl or cyclic N) is 1. The van der Waals surface area contributed by atoms with Crippen LogP contribution in [0.5, 0.6) is 0 Å². The number of rotatable bonds is 8. The van der Waals surface area contributed by atoms with E-state index in [0.717, 1.165) is 29.8 Å². The van der Waals surface area contributed by atoms with E-state index in [1.807, 2.05) is 53.6 Å². The van der Waals surface area contributed by atoms with Gasteiger partial charge < -0.3 is 14.9 Å². The third-order valence-corrected chi connectivity index (χ3v) is 7.58. The van der Waals surface area contributed by atoms with Crippen LogP contribution in [-0.4, -0.2) is 105 Å². The van der Waals surface area contributed by atoms with Crippen molar-refractivity contribution in [2.45, 2.75) is 31.9 Å². The van der Waals surface area contributed by atoms with Crippen LogP contribution in [0.3, 0.4) is 0 Å². The summed E-state index contributed by atoms with van der Waals surface area (Å²) in [5.74, 6) is 0.128. The molecule has 2 aliphatic heterocycles. The number of carbonyl (C=O) groups excluding carboxylic acids is 2. The first-order valence-corrected chi connectivity index (χ1v) is 13.8. The molecule has 9 nitrogen and oxygen atoms in total. The lowest BCUT2D eigenvalue weighted by Crippen LogP contribution is -2.49. The van der Waals surface area contributed by atoms with E-state index in [4.69, 9.17) is 10.1 Å². The zero-order valence-electron chi connectivity index (χ0n) is 22.7. The van der Waals surface area contributed by atoms with Crippen molar-refractivity contribution in [1.82, 2.24) is 29.3 Å². The topological polar surface area (TPSA) is 94.3 Å². The lowest BCUT2D eigenvalue weighted by atomic mass is 10.00. The summed E-state index contributed by atoms with van der Waals surface area (Å²) < 4.78 is 39.2. The molecule has 0 atom stereocenters. The minimum Gasteiger partial charge on any atom is -0.395 e. The third-order valence-electron chi connectivity index (χ3n) is 7.58. The Morgan fingerprint density at radius 1 is 0.976 bits per heavy atom. The molecule has 0 bridgehead atoms. The minimum absolute atomic E-state index is 0.00271. The molecular weight excluding hydrogens is 537 g/mol. The van der Waals surface area contributed by atoms with Crippen LogP contribution >= 0.6 is 0 Å². The zero-order chi connectivity index (χ0) is 29.0. The number of alkyl halides is 3. The first-order valence-electron chi connectivity index (χ1n) is 13.8. The van der Waals surface area contributed by atoms with E-state index in [1.165, 1.54) is 4.90 Å². The fourth-order valence-electron chi connectivity index (χ4n) is 5.27. The van der Waals surface area contributed by atoms with Crippen LogP contribution in [0.15, 0.2) is 48.7 Å². The minimum atomic E-state index is -4.34. The number of aliphatic hydroxyl groups excluding tert-OH is 1. The molecule has 4 heterocycles. The highest BCUT2D eigenvalue weighted by molar-refractivity contribution is 5.94. The van der Waals surface area contributed by atoms with E-state index < -0.39 is 24.9 Å². The fraction of sp³-hybridized carbons (Fsp3) is 0.448. The van der Waals surface area contributed by atoms with Crippen LogP contribution in [0.2, 0.25) is 0 Å². The van der Waals surface area contributed by atoms with Gasteiger partial charge >= 0.3 is 6.18 Å². The van der Waals surface area contributed by atoms with E-state index in [-0.39, 0.29) is 19.1 Å². The van der Waals surface area contributed by atoms with E-state index >= 15 is 0 Å². The quantitative estimate of drug-likeness (QED) is 0.448. The lowest BCUT2D eigenvalue weighted by Gasteiger charge is -2.34. The Morgan fingerprint density at radius 3 is 2.39 bits per heavy atom. The monoisotopic (exact) mass is 570 g/mol. The first kappa shape index (κ1) is 28.7. The molecule has 0 aliphatic carbocycles. The van der Waals surface area contributed by atoms with Gasteiger partial charge in [-0.1, -0.05) is 18.2 Å². The van der Waals surface area contributed by atoms with Gasteiger partial charge in [-0.3, -0.25) is 14.5 Å². The van der Waals surface area contributed by atoms with Gasteiger partial charge in [-0.15, -0.1) is 0 Å². The maximum atomic E-state index is 12.9. The Labute approximate surface area is 235 Å². The van der Waals surface area contributed by atoms with Gasteiger partial charge in [0.25, 0.3) is 5.91 Å². The van der Waals surface area contributed by atoms with Crippen LogP contribution in [0.25, 0.3) is 11.2 Å². The second-order valence-corrected chi connectivity index (χ2v) is 10.4. The van der Waals surface area contributed by atoms with Crippen molar-refractivity contribution in [1.29, 1.82) is 0 Å². The zero-order valence-corrected chi connectivity index (χ0v) is 22.7. The molecular formula is C29H33F3N6O3. The Kier molecular flexibility index (Phi) is 8.69. The summed E-state index contributed by atoms with van der Waals surface area (Å²) >= 11 is 0. The van der Waals surface area contributed by atoms with Crippen molar-refractivity contribution in [2.24, 2.45) is 0 Å². The van der Waals surface area contributed by atoms with Crippen LogP contribution in [0.1, 0.15) is 46.6 Å². The number of carbonyl (C=O) groups is 2. The number of hydrogen-bond donors (Lipinski definition) is 1. The third kappa shape index (κ3) is 7.12. The molecule has 2 aliphatic rings. The summed E-state index contributed by atoms with van der Waals surface area (Å²) in [6, 6.07) is 11.3. The molecule has 41 heavy (non-hydrogen) atoms. The number of amides is 2. The number of nitrogens with zero attached hydrogens (tertiary/aromatic N) is 6. The summed E-state index contributed by atoms with van der Waals surface area (Å²) in [7, 11) is 0. The average Bonchev–Trinajstić information content (AvgIpc) is 3.39. The van der Waals surface area contributed by atoms with Crippen molar-refractivity contribution in [3.05, 3.63) is 71.2 Å². The summed E-state index contributed by atoms with van der Waals surface area (Å²) in [4.78, 5) is 35.3. The summed E-state index contributed by atoms with van der Waals surface area (Å²) in [6.07, 6.45) is -1.29. The predicted molar refractivity (Wildman–Crippen MR) is 146 cm³/mol. The van der Waals surface area contributed by atoms with Gasteiger partial charge in [0.1, 0.15) is 0 Å². The molecule has 5 rings (SSSR count). The number of piperazine rings is 1. The maximum Gasteiger partial charge on any atom is 0.389 e. The molecule has 0 unspecified atom stereocenters. The SMILES string of the molecule is O=C(CCC(F)(F)F)N1CC=C(c2cccn3nc(Cc4ccc(C(=O)N5CCN(CCO)CC5)cc4)nc23)CC1. The molecule has 218 valence electrons. The molecule has 3 aromatic rings. The maximum absolute atomic E-state index is 12.9. The number of aromatic nitrogens is 3. The largest absolute Gasteiger partial charge is 0.395 e. The van der Waals surface area contributed by atoms with Crippen molar-refractivity contribution in [2.75, 3.05) is 52.4 Å². The van der Waals surface area contributed by atoms with Gasteiger partial charge in [0.2, 0.25) is 5.91 Å². The molecule has 2 aromatic heterocycles. The van der Waals surface area contributed by atoms with Crippen molar-refractivity contribution < 1.29 is 27.9 Å². The normalized spacial score (nSPS) is 16.7. The predicted octanol–water partition coefficient (Wildman–Crippen LogP) is 3.03. The highest BCUT2D eigenvalue weighted by atomic mass is 19.4. The molecule has 0 spiro atoms. The average molecular weight is 571 g/mol. The number of hydrogen-bond acceptors (Lipinski definition) is 6. The van der Waals surface area contributed by atoms with Crippen LogP contribution < -0.4 is 0 Å². The number of halogens is 3. The van der Waals surface area contributed by atoms with E-state index in [2.05, 4.69) is 10.00 Å². The van der Waals surface area contributed by atoms with Gasteiger partial charge in [-0.2, -0.15) is 18.3 Å². The Morgan fingerprint density at radius 2 is 1.73 bits per heavy atom. The number of fused-ring (bicyclic) bond motifs is 1. The van der Waals surface area contributed by atoms with Gasteiger partial charge in [0.05, 0.1) is 13.0 Å². The van der Waals surface area contributed by atoms with Crippen molar-refractivity contribution in [3.63, 3.8) is 0 Å². The van der Waals surface area contributed by atoms with Gasteiger partial charge in [-0.25, -0.2) is 9.50 Å². The highest BCUT2D eigenvalue weighted by Gasteiger charge is 2.30. The Bertz CT molecular complexity index is 1410. The van der Waals surface area contributed by atoms with Crippen LogP contribution in [-0.2, 0) is 11.2 Å². The highest BCUT2D eigenvalue weighted by Crippen LogP contribution is 2.27. The van der Waals surface area contributed by atoms with E-state index in [1.54, 1.807) is 4.52 Å². The molecule has 12 heteroatoms. The molecule has 1 N–H and O–H groups in total. The number of aliphatic hydroxyl groups is 1. The van der Waals surface area contributed by atoms with Crippen molar-refractivity contribution >= 4 is 23.0 Å². The van der Waals surface area contributed by atoms with Crippen molar-refractivity contribution in [3.8, 4) is 0 Å². The fourth-order valence-corrected chi connectivity index (χ4v) is 5.27. The second kappa shape index (κ2) is 12.4. The molecule has 1 aromatic carbocycles.